The Bertz CT molecular complexity index is 542. The first-order valence-electron chi connectivity index (χ1n) is 7.05. The molecule has 3 rings (SSSR count). The number of benzene rings is 1. The van der Waals surface area contributed by atoms with Crippen molar-refractivity contribution in [1.29, 1.82) is 0 Å². The van der Waals surface area contributed by atoms with Crippen LogP contribution in [0.3, 0.4) is 0 Å². The molecule has 2 aliphatic carbocycles. The first-order chi connectivity index (χ1) is 10.4. The van der Waals surface area contributed by atoms with E-state index >= 15 is 0 Å². The molecule has 0 fully saturated rings. The lowest BCUT2D eigenvalue weighted by molar-refractivity contribution is 0.685. The molecular weight excluding hydrogens is 272 g/mol. The van der Waals surface area contributed by atoms with Crippen LogP contribution in [0.25, 0.3) is 0 Å². The third-order valence-electron chi connectivity index (χ3n) is 3.21. The highest BCUT2D eigenvalue weighted by Crippen LogP contribution is 2.21. The minimum Gasteiger partial charge on any atom is -0.307 e. The monoisotopic (exact) mass is 294 g/mol. The SMILES string of the molecule is NC1(N)C=CC(=C2C=CC(N)(N)C=C2)C=C1.c1ccccc1. The van der Waals surface area contributed by atoms with Crippen molar-refractivity contribution in [3.05, 3.63) is 96.2 Å². The van der Waals surface area contributed by atoms with Gasteiger partial charge in [0.05, 0.1) is 0 Å². The number of hydrogen-bond donors (Lipinski definition) is 4. The van der Waals surface area contributed by atoms with E-state index in [1.807, 2.05) is 60.7 Å². The van der Waals surface area contributed by atoms with E-state index < -0.39 is 11.3 Å². The summed E-state index contributed by atoms with van der Waals surface area (Å²) in [4.78, 5) is 0. The van der Waals surface area contributed by atoms with Crippen LogP contribution >= 0.6 is 0 Å². The highest BCUT2D eigenvalue weighted by molar-refractivity contribution is 5.53. The van der Waals surface area contributed by atoms with Crippen molar-refractivity contribution in [3.63, 3.8) is 0 Å². The second kappa shape index (κ2) is 6.68. The van der Waals surface area contributed by atoms with Crippen LogP contribution in [0.1, 0.15) is 0 Å². The third kappa shape index (κ3) is 4.95. The number of rotatable bonds is 0. The van der Waals surface area contributed by atoms with Crippen molar-refractivity contribution < 1.29 is 0 Å². The van der Waals surface area contributed by atoms with Gasteiger partial charge in [-0.05, 0) is 35.5 Å². The van der Waals surface area contributed by atoms with Gasteiger partial charge in [0.1, 0.15) is 11.3 Å². The average Bonchev–Trinajstić information content (AvgIpc) is 2.50. The maximum Gasteiger partial charge on any atom is 0.103 e. The van der Waals surface area contributed by atoms with Gasteiger partial charge in [-0.1, -0.05) is 60.7 Å². The molecule has 114 valence electrons. The van der Waals surface area contributed by atoms with Gasteiger partial charge < -0.3 is 22.9 Å². The summed E-state index contributed by atoms with van der Waals surface area (Å²) < 4.78 is 0. The molecule has 0 bridgehead atoms. The molecule has 0 atom stereocenters. The Hall–Kier alpha value is -2.24. The fourth-order valence-electron chi connectivity index (χ4n) is 1.93. The number of nitrogens with two attached hydrogens (primary N) is 4. The summed E-state index contributed by atoms with van der Waals surface area (Å²) in [5.41, 5.74) is 23.2. The van der Waals surface area contributed by atoms with Gasteiger partial charge in [0.2, 0.25) is 0 Å². The summed E-state index contributed by atoms with van der Waals surface area (Å²) in [5, 5.41) is 0. The highest BCUT2D eigenvalue weighted by atomic mass is 14.9. The molecule has 22 heavy (non-hydrogen) atoms. The van der Waals surface area contributed by atoms with Crippen molar-refractivity contribution in [2.45, 2.75) is 11.3 Å². The van der Waals surface area contributed by atoms with Crippen LogP contribution in [0.4, 0.5) is 0 Å². The predicted molar refractivity (Wildman–Crippen MR) is 92.2 cm³/mol. The molecule has 0 aromatic heterocycles. The van der Waals surface area contributed by atoms with Crippen LogP contribution in [-0.2, 0) is 0 Å². The van der Waals surface area contributed by atoms with Gasteiger partial charge in [-0.3, -0.25) is 0 Å². The fourth-order valence-corrected chi connectivity index (χ4v) is 1.93. The van der Waals surface area contributed by atoms with E-state index in [4.69, 9.17) is 22.9 Å². The second-order valence-corrected chi connectivity index (χ2v) is 5.40. The lowest BCUT2D eigenvalue weighted by atomic mass is 9.94. The molecule has 0 heterocycles. The smallest absolute Gasteiger partial charge is 0.103 e. The Morgan fingerprint density at radius 1 is 0.455 bits per heavy atom. The molecule has 0 unspecified atom stereocenters. The van der Waals surface area contributed by atoms with E-state index in [2.05, 4.69) is 0 Å². The summed E-state index contributed by atoms with van der Waals surface area (Å²) in [5.74, 6) is 0. The molecule has 0 aliphatic heterocycles. The minimum absolute atomic E-state index is 0.850. The van der Waals surface area contributed by atoms with E-state index in [1.165, 1.54) is 0 Å². The van der Waals surface area contributed by atoms with Crippen molar-refractivity contribution in [3.8, 4) is 0 Å². The minimum atomic E-state index is -0.850. The molecule has 1 aromatic rings. The lowest BCUT2D eigenvalue weighted by Gasteiger charge is -2.22. The quantitative estimate of drug-likeness (QED) is 0.544. The number of allylic oxidation sites excluding steroid dienone is 6. The zero-order valence-corrected chi connectivity index (χ0v) is 12.4. The normalized spacial score (nSPS) is 20.5. The van der Waals surface area contributed by atoms with Crippen molar-refractivity contribution in [2.75, 3.05) is 0 Å². The van der Waals surface area contributed by atoms with Gasteiger partial charge in [0.25, 0.3) is 0 Å². The third-order valence-corrected chi connectivity index (χ3v) is 3.21. The summed E-state index contributed by atoms with van der Waals surface area (Å²) in [6, 6.07) is 12.0. The molecule has 1 aromatic carbocycles. The van der Waals surface area contributed by atoms with Gasteiger partial charge in [-0.25, -0.2) is 0 Å². The molecular formula is C18H22N4. The van der Waals surface area contributed by atoms with Crippen LogP contribution in [0, 0.1) is 0 Å². The molecule has 0 radical (unpaired) electrons. The molecule has 0 spiro atoms. The Morgan fingerprint density at radius 3 is 0.909 bits per heavy atom. The highest BCUT2D eigenvalue weighted by Gasteiger charge is 2.17. The van der Waals surface area contributed by atoms with E-state index in [9.17, 15) is 0 Å². The first kappa shape index (κ1) is 16.1. The summed E-state index contributed by atoms with van der Waals surface area (Å²) in [6.07, 6.45) is 14.6. The standard InChI is InChI=1S/C12H16N4.C6H6/c13-11(14)5-1-9(2-6-11)10-3-7-12(15,16)8-4-10;1-2-4-6-5-3-1/h1-8H,13-16H2;1-6H. The zero-order valence-electron chi connectivity index (χ0n) is 12.4. The van der Waals surface area contributed by atoms with E-state index in [-0.39, 0.29) is 0 Å². The van der Waals surface area contributed by atoms with Gasteiger partial charge in [0, 0.05) is 0 Å². The van der Waals surface area contributed by atoms with Crippen LogP contribution in [0.2, 0.25) is 0 Å². The van der Waals surface area contributed by atoms with Crippen molar-refractivity contribution in [2.24, 2.45) is 22.9 Å². The number of hydrogen-bond acceptors (Lipinski definition) is 4. The maximum absolute atomic E-state index is 5.72. The zero-order chi connectivity index (χ0) is 16.1. The Balaban J connectivity index is 0.000000246. The summed E-state index contributed by atoms with van der Waals surface area (Å²) >= 11 is 0. The first-order valence-corrected chi connectivity index (χ1v) is 7.05. The Kier molecular flexibility index (Phi) is 4.90. The van der Waals surface area contributed by atoms with Crippen LogP contribution in [-0.4, -0.2) is 11.3 Å². The molecule has 0 amide bonds. The summed E-state index contributed by atoms with van der Waals surface area (Å²) in [7, 11) is 0. The average molecular weight is 294 g/mol. The van der Waals surface area contributed by atoms with Crippen LogP contribution < -0.4 is 22.9 Å². The predicted octanol–water partition coefficient (Wildman–Crippen LogP) is 1.45. The van der Waals surface area contributed by atoms with Gasteiger partial charge in [0.15, 0.2) is 0 Å². The molecule has 2 aliphatic rings. The van der Waals surface area contributed by atoms with Gasteiger partial charge in [-0.2, -0.15) is 0 Å². The van der Waals surface area contributed by atoms with E-state index in [0.717, 1.165) is 11.1 Å². The van der Waals surface area contributed by atoms with E-state index in [1.54, 1.807) is 24.3 Å². The van der Waals surface area contributed by atoms with Crippen molar-refractivity contribution in [1.82, 2.24) is 0 Å². The van der Waals surface area contributed by atoms with Crippen LogP contribution in [0.5, 0.6) is 0 Å². The van der Waals surface area contributed by atoms with Gasteiger partial charge in [-0.15, -0.1) is 0 Å². The molecule has 0 saturated carbocycles. The topological polar surface area (TPSA) is 104 Å². The Labute approximate surface area is 131 Å². The van der Waals surface area contributed by atoms with Crippen molar-refractivity contribution >= 4 is 0 Å². The fraction of sp³-hybridized carbons (Fsp3) is 0.111. The Morgan fingerprint density at radius 2 is 0.682 bits per heavy atom. The molecule has 0 saturated heterocycles. The van der Waals surface area contributed by atoms with Crippen LogP contribution in [0.15, 0.2) is 96.2 Å². The lowest BCUT2D eigenvalue weighted by Crippen LogP contribution is -2.46. The maximum atomic E-state index is 5.72. The molecule has 8 N–H and O–H groups in total. The largest absolute Gasteiger partial charge is 0.307 e. The second-order valence-electron chi connectivity index (χ2n) is 5.40. The molecule has 4 nitrogen and oxygen atoms in total. The summed E-state index contributed by atoms with van der Waals surface area (Å²) in [6.45, 7) is 0. The van der Waals surface area contributed by atoms with E-state index in [0.29, 0.717) is 0 Å². The molecule has 4 heteroatoms. The van der Waals surface area contributed by atoms with Gasteiger partial charge >= 0.3 is 0 Å².